The van der Waals surface area contributed by atoms with Crippen LogP contribution in [0.3, 0.4) is 0 Å². The predicted octanol–water partition coefficient (Wildman–Crippen LogP) is 5.56. The molecule has 0 spiro atoms. The lowest BCUT2D eigenvalue weighted by Crippen LogP contribution is -2.51. The molecule has 0 saturated carbocycles. The van der Waals surface area contributed by atoms with Gasteiger partial charge in [-0.1, -0.05) is 23.4 Å². The van der Waals surface area contributed by atoms with Gasteiger partial charge in [-0.25, -0.2) is 4.79 Å². The number of rotatable bonds is 3. The molecule has 1 aliphatic heterocycles. The smallest absolute Gasteiger partial charge is 0.410 e. The average molecular weight is 521 g/mol. The minimum absolute atomic E-state index is 0.0582. The van der Waals surface area contributed by atoms with E-state index in [0.717, 1.165) is 18.4 Å². The first-order chi connectivity index (χ1) is 17.6. The second-order valence-corrected chi connectivity index (χ2v) is 10.2. The van der Waals surface area contributed by atoms with Crippen LogP contribution in [0.25, 0.3) is 11.3 Å². The van der Waals surface area contributed by atoms with Crippen LogP contribution in [0.5, 0.6) is 5.75 Å². The number of aromatic nitrogens is 2. The summed E-state index contributed by atoms with van der Waals surface area (Å²) in [4.78, 5) is 27.2. The molecule has 2 aromatic carbocycles. The van der Waals surface area contributed by atoms with Crippen molar-refractivity contribution >= 4 is 29.3 Å². The molecule has 1 atom stereocenters. The first-order valence-electron chi connectivity index (χ1n) is 12.1. The number of aromatic amines is 1. The number of aromatic hydroxyl groups is 1. The van der Waals surface area contributed by atoms with Gasteiger partial charge < -0.3 is 15.2 Å². The highest BCUT2D eigenvalue weighted by Crippen LogP contribution is 2.32. The van der Waals surface area contributed by atoms with E-state index in [1.165, 1.54) is 11.0 Å². The Kier molecular flexibility index (Phi) is 7.74. The van der Waals surface area contributed by atoms with Crippen LogP contribution in [0.15, 0.2) is 48.7 Å². The number of halogens is 1. The number of amides is 2. The summed E-state index contributed by atoms with van der Waals surface area (Å²) < 4.78 is 5.49. The number of ether oxygens (including phenoxy) is 1. The number of nitrogens with zero attached hydrogens (tertiary/aromatic N) is 2. The molecule has 0 radical (unpaired) electrons. The molecule has 192 valence electrons. The third-order valence-corrected chi connectivity index (χ3v) is 6.02. The van der Waals surface area contributed by atoms with Gasteiger partial charge in [-0.3, -0.25) is 14.8 Å². The highest BCUT2D eigenvalue weighted by Gasteiger charge is 2.34. The molecule has 1 fully saturated rings. The molecule has 1 aromatic heterocycles. The van der Waals surface area contributed by atoms with Crippen molar-refractivity contribution in [1.29, 1.82) is 0 Å². The quantitative estimate of drug-likeness (QED) is 0.392. The fourth-order valence-corrected chi connectivity index (χ4v) is 4.21. The van der Waals surface area contributed by atoms with Gasteiger partial charge in [0, 0.05) is 34.6 Å². The van der Waals surface area contributed by atoms with Gasteiger partial charge in [-0.15, -0.1) is 0 Å². The number of phenols is 1. The Morgan fingerprint density at radius 1 is 1.16 bits per heavy atom. The maximum atomic E-state index is 13.0. The number of carbonyl (C=O) groups excluding carboxylic acids is 2. The highest BCUT2D eigenvalue weighted by atomic mass is 35.5. The van der Waals surface area contributed by atoms with Crippen molar-refractivity contribution < 1.29 is 19.4 Å². The van der Waals surface area contributed by atoms with Crippen LogP contribution < -0.4 is 5.32 Å². The molecule has 4 rings (SSSR count). The molecule has 0 bridgehead atoms. The highest BCUT2D eigenvalue weighted by molar-refractivity contribution is 6.31. The average Bonchev–Trinajstić information content (AvgIpc) is 3.32. The van der Waals surface area contributed by atoms with Crippen LogP contribution in [0.4, 0.5) is 10.5 Å². The minimum atomic E-state index is -0.627. The molecule has 1 saturated heterocycles. The SMILES string of the molecule is CC(C)(C)OC(=O)N1CCCC[C@H]1C(=O)Nc1ccc(C#Cc2c[nH]nc2-c2cc(Cl)ccc2O)cc1. The maximum absolute atomic E-state index is 13.0. The second kappa shape index (κ2) is 11.0. The number of phenolic OH excluding ortho intramolecular Hbond substituents is 1. The Morgan fingerprint density at radius 2 is 1.92 bits per heavy atom. The normalized spacial score (nSPS) is 15.5. The van der Waals surface area contributed by atoms with E-state index in [4.69, 9.17) is 16.3 Å². The second-order valence-electron chi connectivity index (χ2n) is 9.81. The predicted molar refractivity (Wildman–Crippen MR) is 142 cm³/mol. The van der Waals surface area contributed by atoms with E-state index in [-0.39, 0.29) is 11.7 Å². The molecule has 37 heavy (non-hydrogen) atoms. The lowest BCUT2D eigenvalue weighted by Gasteiger charge is -2.35. The number of nitrogens with one attached hydrogen (secondary N) is 2. The van der Waals surface area contributed by atoms with E-state index in [1.807, 2.05) is 20.8 Å². The van der Waals surface area contributed by atoms with E-state index >= 15 is 0 Å². The first-order valence-corrected chi connectivity index (χ1v) is 12.4. The van der Waals surface area contributed by atoms with Crippen molar-refractivity contribution in [3.8, 4) is 28.8 Å². The van der Waals surface area contributed by atoms with Gasteiger partial charge in [0.1, 0.15) is 23.1 Å². The Hall–Kier alpha value is -3.96. The molecular formula is C28H29ClN4O4. The molecule has 0 aliphatic carbocycles. The topological polar surface area (TPSA) is 108 Å². The fourth-order valence-electron chi connectivity index (χ4n) is 4.03. The van der Waals surface area contributed by atoms with Crippen LogP contribution in [-0.4, -0.2) is 50.4 Å². The molecule has 3 N–H and O–H groups in total. The number of hydrogen-bond donors (Lipinski definition) is 3. The summed E-state index contributed by atoms with van der Waals surface area (Å²) >= 11 is 6.07. The molecule has 8 nitrogen and oxygen atoms in total. The molecule has 0 unspecified atom stereocenters. The number of H-pyrrole nitrogens is 1. The molecule has 9 heteroatoms. The van der Waals surface area contributed by atoms with Crippen LogP contribution >= 0.6 is 11.6 Å². The minimum Gasteiger partial charge on any atom is -0.507 e. The Labute approximate surface area is 221 Å². The van der Waals surface area contributed by atoms with E-state index in [2.05, 4.69) is 27.4 Å². The van der Waals surface area contributed by atoms with Gasteiger partial charge in [0.05, 0.1) is 5.56 Å². The zero-order valence-corrected chi connectivity index (χ0v) is 21.7. The Morgan fingerprint density at radius 3 is 2.65 bits per heavy atom. The summed E-state index contributed by atoms with van der Waals surface area (Å²) in [5.74, 6) is 5.95. The first kappa shape index (κ1) is 26.1. The Bertz CT molecular complexity index is 1350. The number of piperidine rings is 1. The Balaban J connectivity index is 1.44. The molecular weight excluding hydrogens is 492 g/mol. The summed E-state index contributed by atoms with van der Waals surface area (Å²) in [6.45, 7) is 5.92. The summed E-state index contributed by atoms with van der Waals surface area (Å²) in [5.41, 5.74) is 2.30. The molecule has 2 heterocycles. The van der Waals surface area contributed by atoms with Crippen molar-refractivity contribution in [2.24, 2.45) is 0 Å². The van der Waals surface area contributed by atoms with Crippen molar-refractivity contribution in [1.82, 2.24) is 15.1 Å². The molecule has 1 aliphatic rings. The summed E-state index contributed by atoms with van der Waals surface area (Å²) in [5, 5.41) is 20.5. The van der Waals surface area contributed by atoms with Gasteiger partial charge in [-0.2, -0.15) is 5.10 Å². The number of hydrogen-bond acceptors (Lipinski definition) is 5. The van der Waals surface area contributed by atoms with E-state index < -0.39 is 17.7 Å². The van der Waals surface area contributed by atoms with Crippen LogP contribution in [0.2, 0.25) is 5.02 Å². The lowest BCUT2D eigenvalue weighted by molar-refractivity contribution is -0.122. The maximum Gasteiger partial charge on any atom is 0.410 e. The van der Waals surface area contributed by atoms with Gasteiger partial charge in [0.2, 0.25) is 5.91 Å². The lowest BCUT2D eigenvalue weighted by atomic mass is 10.0. The zero-order chi connectivity index (χ0) is 26.6. The van der Waals surface area contributed by atoms with Gasteiger partial charge >= 0.3 is 6.09 Å². The standard InChI is InChI=1S/C28H29ClN4O4/c1-28(2,3)37-27(36)33-15-5-4-6-23(33)26(35)31-21-12-8-18(9-13-21)7-10-19-17-30-32-25(19)22-16-20(29)11-14-24(22)34/h8-9,11-14,16-17,23,34H,4-6,15H2,1-3H3,(H,30,32)(H,31,35)/t23-/m0/s1. The summed E-state index contributed by atoms with van der Waals surface area (Å²) in [7, 11) is 0. The van der Waals surface area contributed by atoms with Gasteiger partial charge in [0.25, 0.3) is 0 Å². The summed E-state index contributed by atoms with van der Waals surface area (Å²) in [6, 6.07) is 11.3. The van der Waals surface area contributed by atoms with Crippen molar-refractivity contribution in [3.05, 3.63) is 64.8 Å². The van der Waals surface area contributed by atoms with Gasteiger partial charge in [0.15, 0.2) is 0 Å². The van der Waals surface area contributed by atoms with E-state index in [0.29, 0.717) is 40.5 Å². The van der Waals surface area contributed by atoms with Crippen molar-refractivity contribution in [3.63, 3.8) is 0 Å². The van der Waals surface area contributed by atoms with E-state index in [1.54, 1.807) is 42.6 Å². The number of carbonyl (C=O) groups is 2. The van der Waals surface area contributed by atoms with Crippen LogP contribution in [-0.2, 0) is 9.53 Å². The molecule has 3 aromatic rings. The van der Waals surface area contributed by atoms with Crippen molar-refractivity contribution in [2.45, 2.75) is 51.7 Å². The number of benzene rings is 2. The monoisotopic (exact) mass is 520 g/mol. The largest absolute Gasteiger partial charge is 0.507 e. The van der Waals surface area contributed by atoms with Crippen molar-refractivity contribution in [2.75, 3.05) is 11.9 Å². The van der Waals surface area contributed by atoms with E-state index in [9.17, 15) is 14.7 Å². The zero-order valence-electron chi connectivity index (χ0n) is 21.0. The number of anilines is 1. The van der Waals surface area contributed by atoms with Gasteiger partial charge in [-0.05, 0) is 82.5 Å². The third-order valence-electron chi connectivity index (χ3n) is 5.78. The molecule has 2 amide bonds. The third kappa shape index (κ3) is 6.63. The summed E-state index contributed by atoms with van der Waals surface area (Å²) in [6.07, 6.45) is 3.48. The van der Waals surface area contributed by atoms with Crippen LogP contribution in [0, 0.1) is 11.8 Å². The fraction of sp³-hybridized carbons (Fsp3) is 0.321. The van der Waals surface area contributed by atoms with Crippen LogP contribution in [0.1, 0.15) is 51.2 Å². The number of likely N-dealkylation sites (tertiary alicyclic amines) is 1.